The summed E-state index contributed by atoms with van der Waals surface area (Å²) in [5.74, 6) is 0. The molecule has 1 atom stereocenters. The first-order valence-electron chi connectivity index (χ1n) is 3.45. The third kappa shape index (κ3) is 4.99. The van der Waals surface area contributed by atoms with Crippen molar-refractivity contribution in [2.24, 2.45) is 0 Å². The van der Waals surface area contributed by atoms with Crippen molar-refractivity contribution in [1.29, 1.82) is 0 Å². The minimum Gasteiger partial charge on any atom is -0.456 e. The van der Waals surface area contributed by atoms with E-state index in [0.29, 0.717) is 0 Å². The van der Waals surface area contributed by atoms with E-state index >= 15 is 0 Å². The van der Waals surface area contributed by atoms with Gasteiger partial charge >= 0.3 is 5.71 Å². The summed E-state index contributed by atoms with van der Waals surface area (Å²) < 4.78 is 20.0. The van der Waals surface area contributed by atoms with Crippen LogP contribution in [0.4, 0.5) is 4.79 Å². The standard InChI is InChI=1S/C6H13O4P/c1-4-9-11(8)6(7)10-5(2)3/h5,11H,4H2,1-3H3. The summed E-state index contributed by atoms with van der Waals surface area (Å²) in [6, 6.07) is 0. The lowest BCUT2D eigenvalue weighted by Crippen LogP contribution is -2.06. The number of carbonyl (C=O) groups is 1. The van der Waals surface area contributed by atoms with Crippen LogP contribution in [-0.2, 0) is 13.8 Å². The Morgan fingerprint density at radius 1 is 1.55 bits per heavy atom. The van der Waals surface area contributed by atoms with E-state index in [1.165, 1.54) is 0 Å². The third-order valence-corrected chi connectivity index (χ3v) is 1.79. The van der Waals surface area contributed by atoms with Crippen LogP contribution in [0.1, 0.15) is 20.8 Å². The first-order valence-corrected chi connectivity index (χ1v) is 4.77. The SMILES string of the molecule is CCO[PH](=O)C(=O)OC(C)C. The highest BCUT2D eigenvalue weighted by Crippen LogP contribution is 2.25. The van der Waals surface area contributed by atoms with Gasteiger partial charge in [0, 0.05) is 0 Å². The van der Waals surface area contributed by atoms with Crippen LogP contribution in [0.5, 0.6) is 0 Å². The number of ether oxygens (including phenoxy) is 1. The highest BCUT2D eigenvalue weighted by atomic mass is 31.1. The molecule has 0 saturated carbocycles. The summed E-state index contributed by atoms with van der Waals surface area (Å²) in [5.41, 5.74) is -0.744. The quantitative estimate of drug-likeness (QED) is 0.621. The van der Waals surface area contributed by atoms with Crippen LogP contribution in [0.15, 0.2) is 0 Å². The Balaban J connectivity index is 3.74. The van der Waals surface area contributed by atoms with Crippen LogP contribution < -0.4 is 0 Å². The van der Waals surface area contributed by atoms with Gasteiger partial charge in [-0.3, -0.25) is 4.57 Å². The molecule has 0 radical (unpaired) electrons. The fraction of sp³-hybridized carbons (Fsp3) is 0.833. The highest BCUT2D eigenvalue weighted by Gasteiger charge is 2.13. The molecule has 0 aromatic heterocycles. The van der Waals surface area contributed by atoms with E-state index in [9.17, 15) is 9.36 Å². The molecule has 0 aliphatic heterocycles. The molecule has 0 N–H and O–H groups in total. The van der Waals surface area contributed by atoms with E-state index < -0.39 is 13.7 Å². The van der Waals surface area contributed by atoms with Gasteiger partial charge < -0.3 is 9.26 Å². The van der Waals surface area contributed by atoms with Crippen LogP contribution in [0, 0.1) is 0 Å². The monoisotopic (exact) mass is 180 g/mol. The Morgan fingerprint density at radius 3 is 2.45 bits per heavy atom. The third-order valence-electron chi connectivity index (χ3n) is 0.785. The van der Waals surface area contributed by atoms with Gasteiger partial charge in [0.2, 0.25) is 0 Å². The molecule has 0 aromatic rings. The lowest BCUT2D eigenvalue weighted by Gasteiger charge is -2.06. The Morgan fingerprint density at radius 2 is 2.09 bits per heavy atom. The first kappa shape index (κ1) is 10.7. The van der Waals surface area contributed by atoms with Gasteiger partial charge in [-0.05, 0) is 20.8 Å². The zero-order valence-electron chi connectivity index (χ0n) is 6.92. The summed E-state index contributed by atoms with van der Waals surface area (Å²) in [7, 11) is -2.62. The van der Waals surface area contributed by atoms with Crippen LogP contribution in [-0.4, -0.2) is 18.4 Å². The second-order valence-corrected chi connectivity index (χ2v) is 3.45. The van der Waals surface area contributed by atoms with Crippen LogP contribution in [0.3, 0.4) is 0 Å². The maximum atomic E-state index is 10.8. The van der Waals surface area contributed by atoms with E-state index in [-0.39, 0.29) is 12.7 Å². The number of hydrogen-bond donors (Lipinski definition) is 0. The summed E-state index contributed by atoms with van der Waals surface area (Å²) in [6.07, 6.45) is -0.239. The van der Waals surface area contributed by atoms with Gasteiger partial charge in [-0.1, -0.05) is 0 Å². The van der Waals surface area contributed by atoms with Gasteiger partial charge in [-0.15, -0.1) is 0 Å². The van der Waals surface area contributed by atoms with E-state index in [1.54, 1.807) is 20.8 Å². The van der Waals surface area contributed by atoms with E-state index in [4.69, 9.17) is 0 Å². The Hall–Kier alpha value is -0.340. The lowest BCUT2D eigenvalue weighted by molar-refractivity contribution is 0.136. The van der Waals surface area contributed by atoms with Crippen molar-refractivity contribution >= 4 is 13.7 Å². The average molecular weight is 180 g/mol. The number of carbonyl (C=O) groups excluding carboxylic acids is 1. The molecule has 11 heavy (non-hydrogen) atoms. The van der Waals surface area contributed by atoms with Crippen molar-refractivity contribution in [1.82, 2.24) is 0 Å². The summed E-state index contributed by atoms with van der Waals surface area (Å²) in [6.45, 7) is 5.33. The summed E-state index contributed by atoms with van der Waals surface area (Å²) in [5, 5.41) is 0. The zero-order chi connectivity index (χ0) is 8.85. The van der Waals surface area contributed by atoms with Crippen molar-refractivity contribution in [3.05, 3.63) is 0 Å². The highest BCUT2D eigenvalue weighted by molar-refractivity contribution is 7.58. The molecule has 5 heteroatoms. The van der Waals surface area contributed by atoms with Crippen LogP contribution in [0.25, 0.3) is 0 Å². The molecule has 4 nitrogen and oxygen atoms in total. The molecule has 0 aliphatic carbocycles. The zero-order valence-corrected chi connectivity index (χ0v) is 7.92. The van der Waals surface area contributed by atoms with Crippen molar-refractivity contribution in [3.8, 4) is 0 Å². The Kier molecular flexibility index (Phi) is 5.16. The molecule has 0 saturated heterocycles. The van der Waals surface area contributed by atoms with Gasteiger partial charge in [-0.2, -0.15) is 0 Å². The van der Waals surface area contributed by atoms with Crippen molar-refractivity contribution < 1.29 is 18.6 Å². The molecule has 0 fully saturated rings. The molecular formula is C6H13O4P. The predicted octanol–water partition coefficient (Wildman–Crippen LogP) is 2.04. The number of hydrogen-bond acceptors (Lipinski definition) is 4. The molecule has 0 amide bonds. The van der Waals surface area contributed by atoms with Gasteiger partial charge in [0.1, 0.15) is 0 Å². The van der Waals surface area contributed by atoms with Crippen molar-refractivity contribution in [2.45, 2.75) is 26.9 Å². The molecule has 0 aromatic carbocycles. The lowest BCUT2D eigenvalue weighted by atomic mass is 10.5. The van der Waals surface area contributed by atoms with Crippen LogP contribution >= 0.6 is 8.03 Å². The van der Waals surface area contributed by atoms with E-state index in [2.05, 4.69) is 9.26 Å². The normalized spacial score (nSPS) is 13.1. The van der Waals surface area contributed by atoms with Gasteiger partial charge in [0.05, 0.1) is 12.7 Å². The minimum absolute atomic E-state index is 0.239. The summed E-state index contributed by atoms with van der Waals surface area (Å²) >= 11 is 0. The molecule has 1 unspecified atom stereocenters. The fourth-order valence-corrected chi connectivity index (χ4v) is 1.16. The average Bonchev–Trinajstić information content (AvgIpc) is 1.86. The molecule has 0 spiro atoms. The maximum Gasteiger partial charge on any atom is 0.388 e. The maximum absolute atomic E-state index is 10.8. The second-order valence-electron chi connectivity index (χ2n) is 2.17. The molecular weight excluding hydrogens is 167 g/mol. The Bertz CT molecular complexity index is 155. The number of rotatable bonds is 4. The van der Waals surface area contributed by atoms with E-state index in [1.807, 2.05) is 0 Å². The van der Waals surface area contributed by atoms with Crippen molar-refractivity contribution in [2.75, 3.05) is 6.61 Å². The topological polar surface area (TPSA) is 52.6 Å². The molecule has 0 heterocycles. The van der Waals surface area contributed by atoms with Crippen molar-refractivity contribution in [3.63, 3.8) is 0 Å². The molecule has 0 aliphatic rings. The minimum atomic E-state index is -2.62. The van der Waals surface area contributed by atoms with Gasteiger partial charge in [-0.25, -0.2) is 4.79 Å². The smallest absolute Gasteiger partial charge is 0.388 e. The molecule has 66 valence electrons. The predicted molar refractivity (Wildman–Crippen MR) is 42.2 cm³/mol. The first-order chi connectivity index (χ1) is 5.07. The molecule has 0 rings (SSSR count). The van der Waals surface area contributed by atoms with Gasteiger partial charge in [0.15, 0.2) is 0 Å². The summed E-state index contributed by atoms with van der Waals surface area (Å²) in [4.78, 5) is 10.7. The molecule has 0 bridgehead atoms. The van der Waals surface area contributed by atoms with Crippen LogP contribution in [0.2, 0.25) is 0 Å². The van der Waals surface area contributed by atoms with E-state index in [0.717, 1.165) is 0 Å². The fourth-order valence-electron chi connectivity index (χ4n) is 0.452. The largest absolute Gasteiger partial charge is 0.456 e. The second kappa shape index (κ2) is 5.33. The van der Waals surface area contributed by atoms with Gasteiger partial charge in [0.25, 0.3) is 8.03 Å². The Labute approximate surface area is 66.7 Å².